The standard InChI is InChI=1S/C8H12N4O3/c9-4-7(13)12(10)8(14)11-5-6-2-1-3-15-6/h1-3H,4-5,9-10H2,(H,11,14). The Kier molecular flexibility index (Phi) is 3.83. The zero-order valence-corrected chi connectivity index (χ0v) is 7.97. The minimum absolute atomic E-state index is 0.164. The smallest absolute Gasteiger partial charge is 0.339 e. The summed E-state index contributed by atoms with van der Waals surface area (Å²) < 4.78 is 4.97. The van der Waals surface area contributed by atoms with Crippen LogP contribution in [0.3, 0.4) is 0 Å². The molecule has 3 amide bonds. The zero-order valence-electron chi connectivity index (χ0n) is 7.97. The van der Waals surface area contributed by atoms with Gasteiger partial charge in [-0.1, -0.05) is 0 Å². The Labute approximate surface area is 86.0 Å². The van der Waals surface area contributed by atoms with Gasteiger partial charge in [0.15, 0.2) is 0 Å². The van der Waals surface area contributed by atoms with Gasteiger partial charge in [0.25, 0.3) is 5.91 Å². The van der Waals surface area contributed by atoms with Crippen molar-refractivity contribution in [1.82, 2.24) is 10.3 Å². The van der Waals surface area contributed by atoms with Crippen LogP contribution < -0.4 is 16.9 Å². The third-order valence-corrected chi connectivity index (χ3v) is 1.66. The van der Waals surface area contributed by atoms with Crippen molar-refractivity contribution in [2.24, 2.45) is 11.6 Å². The van der Waals surface area contributed by atoms with Crippen LogP contribution in [0.15, 0.2) is 22.8 Å². The quantitative estimate of drug-likeness (QED) is 0.343. The number of imide groups is 1. The molecule has 7 nitrogen and oxygen atoms in total. The largest absolute Gasteiger partial charge is 0.467 e. The number of hydrogen-bond acceptors (Lipinski definition) is 5. The molecule has 0 saturated heterocycles. The van der Waals surface area contributed by atoms with E-state index in [2.05, 4.69) is 5.32 Å². The molecule has 1 heterocycles. The maximum atomic E-state index is 11.2. The van der Waals surface area contributed by atoms with Gasteiger partial charge in [0, 0.05) is 0 Å². The third kappa shape index (κ3) is 3.08. The second kappa shape index (κ2) is 5.13. The highest BCUT2D eigenvalue weighted by atomic mass is 16.3. The Morgan fingerprint density at radius 1 is 1.53 bits per heavy atom. The van der Waals surface area contributed by atoms with Crippen molar-refractivity contribution in [2.45, 2.75) is 6.54 Å². The molecule has 1 aromatic rings. The van der Waals surface area contributed by atoms with Crippen molar-refractivity contribution in [3.05, 3.63) is 24.2 Å². The molecular formula is C8H12N4O3. The topological polar surface area (TPSA) is 115 Å². The molecule has 0 radical (unpaired) electrons. The highest BCUT2D eigenvalue weighted by molar-refractivity contribution is 5.94. The van der Waals surface area contributed by atoms with Crippen LogP contribution in [0.5, 0.6) is 0 Å². The number of nitrogens with zero attached hydrogens (tertiary/aromatic N) is 1. The molecule has 0 bridgehead atoms. The summed E-state index contributed by atoms with van der Waals surface area (Å²) in [6.07, 6.45) is 1.48. The average molecular weight is 212 g/mol. The normalized spacial score (nSPS) is 9.73. The van der Waals surface area contributed by atoms with Gasteiger partial charge in [0.1, 0.15) is 5.76 Å². The van der Waals surface area contributed by atoms with Crippen molar-refractivity contribution in [1.29, 1.82) is 0 Å². The van der Waals surface area contributed by atoms with Gasteiger partial charge in [-0.3, -0.25) is 4.79 Å². The fourth-order valence-corrected chi connectivity index (χ4v) is 0.873. The van der Waals surface area contributed by atoms with E-state index in [9.17, 15) is 9.59 Å². The molecule has 0 spiro atoms. The van der Waals surface area contributed by atoms with Gasteiger partial charge in [-0.2, -0.15) is 5.01 Å². The number of nitrogens with one attached hydrogen (secondary N) is 1. The first-order valence-electron chi connectivity index (χ1n) is 4.23. The van der Waals surface area contributed by atoms with E-state index < -0.39 is 11.9 Å². The number of rotatable bonds is 3. The first-order chi connectivity index (χ1) is 7.15. The van der Waals surface area contributed by atoms with Gasteiger partial charge in [0.2, 0.25) is 0 Å². The monoisotopic (exact) mass is 212 g/mol. The lowest BCUT2D eigenvalue weighted by Crippen LogP contribution is -2.50. The summed E-state index contributed by atoms with van der Waals surface area (Å²) in [5, 5.41) is 2.83. The summed E-state index contributed by atoms with van der Waals surface area (Å²) in [5.41, 5.74) is 5.03. The average Bonchev–Trinajstić information content (AvgIpc) is 2.76. The summed E-state index contributed by atoms with van der Waals surface area (Å²) >= 11 is 0. The Bertz CT molecular complexity index is 336. The van der Waals surface area contributed by atoms with E-state index in [0.717, 1.165) is 0 Å². The molecule has 0 saturated carbocycles. The number of nitrogens with two attached hydrogens (primary N) is 2. The minimum atomic E-state index is -0.721. The molecule has 0 aliphatic heterocycles. The van der Waals surface area contributed by atoms with E-state index in [4.69, 9.17) is 16.0 Å². The summed E-state index contributed by atoms with van der Waals surface area (Å²) in [6.45, 7) is -0.151. The van der Waals surface area contributed by atoms with Gasteiger partial charge in [-0.15, -0.1) is 0 Å². The van der Waals surface area contributed by atoms with E-state index in [1.165, 1.54) is 6.26 Å². The number of amides is 3. The molecule has 0 fully saturated rings. The summed E-state index contributed by atoms with van der Waals surface area (Å²) in [4.78, 5) is 22.1. The van der Waals surface area contributed by atoms with Crippen molar-refractivity contribution in [3.63, 3.8) is 0 Å². The number of hydrazine groups is 1. The minimum Gasteiger partial charge on any atom is -0.467 e. The number of carbonyl (C=O) groups is 2. The molecule has 0 aliphatic carbocycles. The molecule has 0 atom stereocenters. The van der Waals surface area contributed by atoms with Gasteiger partial charge >= 0.3 is 6.03 Å². The molecule has 15 heavy (non-hydrogen) atoms. The van der Waals surface area contributed by atoms with Crippen LogP contribution in [0.4, 0.5) is 4.79 Å². The van der Waals surface area contributed by atoms with Crippen LogP contribution in [0.2, 0.25) is 0 Å². The molecule has 5 N–H and O–H groups in total. The van der Waals surface area contributed by atoms with Crippen LogP contribution in [-0.4, -0.2) is 23.5 Å². The third-order valence-electron chi connectivity index (χ3n) is 1.66. The Balaban J connectivity index is 2.39. The van der Waals surface area contributed by atoms with Crippen molar-refractivity contribution in [2.75, 3.05) is 6.54 Å². The van der Waals surface area contributed by atoms with E-state index >= 15 is 0 Å². The predicted molar refractivity (Wildman–Crippen MR) is 51.0 cm³/mol. The first kappa shape index (κ1) is 11.2. The molecule has 7 heteroatoms. The fourth-order valence-electron chi connectivity index (χ4n) is 0.873. The number of furan rings is 1. The second-order valence-electron chi connectivity index (χ2n) is 2.71. The number of carbonyl (C=O) groups excluding carboxylic acids is 2. The predicted octanol–water partition coefficient (Wildman–Crippen LogP) is -0.850. The van der Waals surface area contributed by atoms with Crippen molar-refractivity contribution >= 4 is 11.9 Å². The lowest BCUT2D eigenvalue weighted by atomic mass is 10.4. The van der Waals surface area contributed by atoms with Crippen LogP contribution in [0.1, 0.15) is 5.76 Å². The lowest BCUT2D eigenvalue weighted by Gasteiger charge is -2.13. The van der Waals surface area contributed by atoms with Crippen LogP contribution in [0, 0.1) is 0 Å². The molecule has 0 aliphatic rings. The van der Waals surface area contributed by atoms with E-state index in [0.29, 0.717) is 10.8 Å². The van der Waals surface area contributed by atoms with Crippen LogP contribution in [-0.2, 0) is 11.3 Å². The molecule has 82 valence electrons. The van der Waals surface area contributed by atoms with Gasteiger partial charge in [-0.05, 0) is 12.1 Å². The van der Waals surface area contributed by atoms with Crippen molar-refractivity contribution < 1.29 is 14.0 Å². The maximum Gasteiger partial charge on any atom is 0.339 e. The van der Waals surface area contributed by atoms with Crippen LogP contribution >= 0.6 is 0 Å². The molecular weight excluding hydrogens is 200 g/mol. The maximum absolute atomic E-state index is 11.2. The number of hydrogen-bond donors (Lipinski definition) is 3. The van der Waals surface area contributed by atoms with Gasteiger partial charge < -0.3 is 15.5 Å². The molecule has 1 rings (SSSR count). The highest BCUT2D eigenvalue weighted by Crippen LogP contribution is 1.98. The Morgan fingerprint density at radius 2 is 2.27 bits per heavy atom. The molecule has 0 aromatic carbocycles. The Hall–Kier alpha value is -1.86. The summed E-state index contributed by atoms with van der Waals surface area (Å²) in [6, 6.07) is 2.65. The van der Waals surface area contributed by atoms with Gasteiger partial charge in [-0.25, -0.2) is 10.6 Å². The highest BCUT2D eigenvalue weighted by Gasteiger charge is 2.15. The Morgan fingerprint density at radius 3 is 2.80 bits per heavy atom. The van der Waals surface area contributed by atoms with E-state index in [1.807, 2.05) is 0 Å². The SMILES string of the molecule is NCC(=O)N(N)C(=O)NCc1ccco1. The van der Waals surface area contributed by atoms with Gasteiger partial charge in [0.05, 0.1) is 19.4 Å². The van der Waals surface area contributed by atoms with E-state index in [1.54, 1.807) is 12.1 Å². The summed E-state index contributed by atoms with van der Waals surface area (Å²) in [7, 11) is 0. The number of urea groups is 1. The summed E-state index contributed by atoms with van der Waals surface area (Å²) in [5.74, 6) is 5.08. The van der Waals surface area contributed by atoms with Crippen molar-refractivity contribution in [3.8, 4) is 0 Å². The fraction of sp³-hybridized carbons (Fsp3) is 0.250. The molecule has 1 aromatic heterocycles. The zero-order chi connectivity index (χ0) is 11.3. The molecule has 0 unspecified atom stereocenters. The first-order valence-corrected chi connectivity index (χ1v) is 4.23. The lowest BCUT2D eigenvalue weighted by molar-refractivity contribution is -0.127. The van der Waals surface area contributed by atoms with E-state index in [-0.39, 0.29) is 13.1 Å². The van der Waals surface area contributed by atoms with Crippen LogP contribution in [0.25, 0.3) is 0 Å². The second-order valence-corrected chi connectivity index (χ2v) is 2.71.